The van der Waals surface area contributed by atoms with E-state index in [1.807, 2.05) is 6.07 Å². The molecule has 0 spiro atoms. The van der Waals surface area contributed by atoms with E-state index in [0.29, 0.717) is 22.8 Å². The summed E-state index contributed by atoms with van der Waals surface area (Å²) in [7, 11) is 6.19. The molecule has 0 radical (unpaired) electrons. The Balaban J connectivity index is 2.28. The first-order chi connectivity index (χ1) is 13.1. The number of phenolic OH excluding ortho intramolecular Hbond substituents is 2. The average molecular weight is 372 g/mol. The summed E-state index contributed by atoms with van der Waals surface area (Å²) in [5.41, 5.74) is 3.18. The van der Waals surface area contributed by atoms with E-state index in [2.05, 4.69) is 6.08 Å². The number of fused-ring (bicyclic) bond motifs is 1. The lowest BCUT2D eigenvalue weighted by molar-refractivity contribution is 0.322. The number of hydrogen-bond acceptors (Lipinski definition) is 6. The summed E-state index contributed by atoms with van der Waals surface area (Å²) in [4.78, 5) is 0. The molecule has 0 amide bonds. The largest absolute Gasteiger partial charge is 0.504 e. The van der Waals surface area contributed by atoms with Crippen molar-refractivity contribution in [3.63, 3.8) is 0 Å². The topological polar surface area (TPSA) is 77.4 Å². The molecule has 2 N–H and O–H groups in total. The van der Waals surface area contributed by atoms with Crippen molar-refractivity contribution in [3.05, 3.63) is 41.0 Å². The maximum atomic E-state index is 10.6. The molecule has 0 bridgehead atoms. The van der Waals surface area contributed by atoms with Gasteiger partial charge in [0, 0.05) is 11.1 Å². The van der Waals surface area contributed by atoms with E-state index in [0.717, 1.165) is 36.0 Å². The third-order valence-electron chi connectivity index (χ3n) is 4.83. The highest BCUT2D eigenvalue weighted by atomic mass is 16.5. The molecule has 27 heavy (non-hydrogen) atoms. The normalized spacial score (nSPS) is 13.3. The highest BCUT2D eigenvalue weighted by Crippen LogP contribution is 2.49. The van der Waals surface area contributed by atoms with Crippen LogP contribution >= 0.6 is 0 Å². The predicted molar refractivity (Wildman–Crippen MR) is 102 cm³/mol. The lowest BCUT2D eigenvalue weighted by atomic mass is 9.91. The molecule has 1 aliphatic carbocycles. The van der Waals surface area contributed by atoms with Gasteiger partial charge in [0.15, 0.2) is 23.0 Å². The van der Waals surface area contributed by atoms with E-state index < -0.39 is 0 Å². The van der Waals surface area contributed by atoms with Crippen molar-refractivity contribution in [1.82, 2.24) is 0 Å². The van der Waals surface area contributed by atoms with Crippen molar-refractivity contribution >= 4 is 5.57 Å². The summed E-state index contributed by atoms with van der Waals surface area (Å²) < 4.78 is 21.7. The van der Waals surface area contributed by atoms with Gasteiger partial charge in [0.25, 0.3) is 0 Å². The minimum Gasteiger partial charge on any atom is -0.504 e. The first-order valence-corrected chi connectivity index (χ1v) is 8.69. The molecule has 0 saturated carbocycles. The molecule has 6 nitrogen and oxygen atoms in total. The number of ether oxygens (including phenoxy) is 4. The van der Waals surface area contributed by atoms with Crippen molar-refractivity contribution in [2.45, 2.75) is 19.3 Å². The first-order valence-electron chi connectivity index (χ1n) is 8.69. The van der Waals surface area contributed by atoms with Gasteiger partial charge in [-0.25, -0.2) is 0 Å². The number of benzene rings is 2. The number of methoxy groups -OCH3 is 4. The predicted octanol–water partition coefficient (Wildman–Crippen LogP) is 3.90. The second kappa shape index (κ2) is 7.70. The van der Waals surface area contributed by atoms with E-state index in [4.69, 9.17) is 18.9 Å². The fourth-order valence-corrected chi connectivity index (χ4v) is 3.54. The van der Waals surface area contributed by atoms with Gasteiger partial charge < -0.3 is 29.2 Å². The highest BCUT2D eigenvalue weighted by molar-refractivity contribution is 5.88. The summed E-state index contributed by atoms with van der Waals surface area (Å²) >= 11 is 0. The van der Waals surface area contributed by atoms with Gasteiger partial charge in [-0.3, -0.25) is 0 Å². The minimum absolute atomic E-state index is 0.218. The van der Waals surface area contributed by atoms with Crippen LogP contribution < -0.4 is 18.9 Å². The standard InChI is InChI=1S/C21H24O6/c1-24-16-10-9-13(18(22)19(16)23)12-7-5-6-8-14-15(12)11-17(25-2)21(27-4)20(14)26-3/h7,9-11,22-23H,5-6,8H2,1-4H3. The Morgan fingerprint density at radius 1 is 0.778 bits per heavy atom. The van der Waals surface area contributed by atoms with Crippen molar-refractivity contribution in [2.24, 2.45) is 0 Å². The third kappa shape index (κ3) is 3.12. The third-order valence-corrected chi connectivity index (χ3v) is 4.83. The number of aromatic hydroxyl groups is 2. The molecule has 0 heterocycles. The quantitative estimate of drug-likeness (QED) is 0.775. The lowest BCUT2D eigenvalue weighted by Gasteiger charge is -2.21. The van der Waals surface area contributed by atoms with Gasteiger partial charge in [-0.2, -0.15) is 0 Å². The molecule has 1 aliphatic rings. The second-order valence-electron chi connectivity index (χ2n) is 6.19. The van der Waals surface area contributed by atoms with E-state index in [1.54, 1.807) is 33.5 Å². The fourth-order valence-electron chi connectivity index (χ4n) is 3.54. The smallest absolute Gasteiger partial charge is 0.203 e. The summed E-state index contributed by atoms with van der Waals surface area (Å²) in [5, 5.41) is 20.8. The maximum absolute atomic E-state index is 10.6. The number of rotatable bonds is 5. The molecule has 0 saturated heterocycles. The molecule has 0 aromatic heterocycles. The van der Waals surface area contributed by atoms with Gasteiger partial charge in [0.2, 0.25) is 11.5 Å². The van der Waals surface area contributed by atoms with Crippen LogP contribution in [-0.2, 0) is 6.42 Å². The van der Waals surface area contributed by atoms with Crippen molar-refractivity contribution in [1.29, 1.82) is 0 Å². The lowest BCUT2D eigenvalue weighted by Crippen LogP contribution is -2.03. The highest BCUT2D eigenvalue weighted by Gasteiger charge is 2.26. The molecule has 6 heteroatoms. The van der Waals surface area contributed by atoms with Gasteiger partial charge in [-0.1, -0.05) is 6.08 Å². The zero-order valence-electron chi connectivity index (χ0n) is 16.0. The number of allylic oxidation sites excluding steroid dienone is 1. The Bertz CT molecular complexity index is 885. The molecular formula is C21H24O6. The van der Waals surface area contributed by atoms with Crippen molar-refractivity contribution in [3.8, 4) is 34.5 Å². The Kier molecular flexibility index (Phi) is 5.35. The maximum Gasteiger partial charge on any atom is 0.203 e. The van der Waals surface area contributed by atoms with Crippen LogP contribution in [0.4, 0.5) is 0 Å². The van der Waals surface area contributed by atoms with Crippen molar-refractivity contribution < 1.29 is 29.2 Å². The molecule has 3 rings (SSSR count). The van der Waals surface area contributed by atoms with Crippen LogP contribution in [-0.4, -0.2) is 38.7 Å². The summed E-state index contributed by atoms with van der Waals surface area (Å²) in [6.45, 7) is 0. The van der Waals surface area contributed by atoms with Gasteiger partial charge in [0.05, 0.1) is 28.4 Å². The fraction of sp³-hybridized carbons (Fsp3) is 0.333. The zero-order chi connectivity index (χ0) is 19.6. The van der Waals surface area contributed by atoms with E-state index in [-0.39, 0.29) is 17.2 Å². The molecular weight excluding hydrogens is 348 g/mol. The zero-order valence-corrected chi connectivity index (χ0v) is 16.0. The van der Waals surface area contributed by atoms with Gasteiger partial charge in [0.1, 0.15) is 0 Å². The van der Waals surface area contributed by atoms with Crippen LogP contribution in [0.5, 0.6) is 34.5 Å². The van der Waals surface area contributed by atoms with Crippen molar-refractivity contribution in [2.75, 3.05) is 28.4 Å². The monoisotopic (exact) mass is 372 g/mol. The van der Waals surface area contributed by atoms with E-state index in [9.17, 15) is 10.2 Å². The van der Waals surface area contributed by atoms with Crippen LogP contribution in [0.25, 0.3) is 5.57 Å². The van der Waals surface area contributed by atoms with Crippen LogP contribution in [0.2, 0.25) is 0 Å². The Morgan fingerprint density at radius 2 is 1.48 bits per heavy atom. The van der Waals surface area contributed by atoms with E-state index >= 15 is 0 Å². The molecule has 0 unspecified atom stereocenters. The van der Waals surface area contributed by atoms with Gasteiger partial charge >= 0.3 is 0 Å². The molecule has 0 aliphatic heterocycles. The molecule has 2 aromatic carbocycles. The minimum atomic E-state index is -0.283. The molecule has 0 atom stereocenters. The first kappa shape index (κ1) is 18.8. The molecule has 0 fully saturated rings. The number of phenols is 2. The summed E-state index contributed by atoms with van der Waals surface area (Å²) in [6.07, 6.45) is 4.59. The Hall–Kier alpha value is -3.02. The summed E-state index contributed by atoms with van der Waals surface area (Å²) in [6, 6.07) is 5.25. The summed E-state index contributed by atoms with van der Waals surface area (Å²) in [5.74, 6) is 1.42. The van der Waals surface area contributed by atoms with Gasteiger partial charge in [-0.15, -0.1) is 0 Å². The number of hydrogen-bond donors (Lipinski definition) is 2. The average Bonchev–Trinajstić information content (AvgIpc) is 2.90. The Morgan fingerprint density at radius 3 is 2.11 bits per heavy atom. The molecule has 2 aromatic rings. The Labute approximate surface area is 158 Å². The molecule has 144 valence electrons. The van der Waals surface area contributed by atoms with Crippen LogP contribution in [0.15, 0.2) is 24.3 Å². The van der Waals surface area contributed by atoms with Gasteiger partial charge in [-0.05, 0) is 48.6 Å². The van der Waals surface area contributed by atoms with E-state index in [1.165, 1.54) is 7.11 Å². The van der Waals surface area contributed by atoms with Crippen LogP contribution in [0, 0.1) is 0 Å². The van der Waals surface area contributed by atoms with Crippen LogP contribution in [0.1, 0.15) is 29.5 Å². The SMILES string of the molecule is COc1ccc(C2=CCCCc3c2cc(OC)c(OC)c3OC)c(O)c1O. The van der Waals surface area contributed by atoms with Crippen LogP contribution in [0.3, 0.4) is 0 Å². The second-order valence-corrected chi connectivity index (χ2v) is 6.19.